The Morgan fingerprint density at radius 2 is 1.85 bits per heavy atom. The van der Waals surface area contributed by atoms with E-state index in [-0.39, 0.29) is 18.1 Å². The number of nitrogens with zero attached hydrogens (tertiary/aromatic N) is 3. The van der Waals surface area contributed by atoms with Crippen LogP contribution in [0.1, 0.15) is 48.9 Å². The van der Waals surface area contributed by atoms with E-state index in [1.165, 1.54) is 0 Å². The molecule has 2 heterocycles. The van der Waals surface area contributed by atoms with Gasteiger partial charge in [0.1, 0.15) is 24.0 Å². The first kappa shape index (κ1) is 30.3. The van der Waals surface area contributed by atoms with Gasteiger partial charge in [0.2, 0.25) is 0 Å². The summed E-state index contributed by atoms with van der Waals surface area (Å²) in [4.78, 5) is 23.8. The predicted molar refractivity (Wildman–Crippen MR) is 137 cm³/mol. The highest BCUT2D eigenvalue weighted by atomic mass is 16.5. The SMILES string of the molecule is CCOc1cc2c(cc1OC)C(c1cnccn1)=N[C@@H]1CC[C@@H](O)C[C@H]21.O=C(O)[C@H](O)[C@H](O)[C@H](O)[C@@H](O)CO. The molecule has 4 rings (SSSR count). The van der Waals surface area contributed by atoms with Crippen molar-refractivity contribution in [1.82, 2.24) is 9.97 Å². The van der Waals surface area contributed by atoms with Crippen molar-refractivity contribution in [3.05, 3.63) is 47.5 Å². The molecular formula is C26H35N3O10. The summed E-state index contributed by atoms with van der Waals surface area (Å²) < 4.78 is 11.3. The summed E-state index contributed by atoms with van der Waals surface area (Å²) in [6, 6.07) is 4.18. The van der Waals surface area contributed by atoms with Crippen molar-refractivity contribution in [3.63, 3.8) is 0 Å². The summed E-state index contributed by atoms with van der Waals surface area (Å²) in [5, 5.41) is 62.0. The van der Waals surface area contributed by atoms with Crippen LogP contribution in [0.15, 0.2) is 35.7 Å². The predicted octanol–water partition coefficient (Wildman–Crippen LogP) is -0.761. The highest BCUT2D eigenvalue weighted by Crippen LogP contribution is 2.44. The maximum atomic E-state index is 10.2. The Labute approximate surface area is 225 Å². The minimum Gasteiger partial charge on any atom is -0.493 e. The average Bonchev–Trinajstić information content (AvgIpc) is 2.95. The Morgan fingerprint density at radius 3 is 2.44 bits per heavy atom. The number of ether oxygens (including phenoxy) is 2. The summed E-state index contributed by atoms with van der Waals surface area (Å²) in [5.74, 6) is -0.138. The second-order valence-corrected chi connectivity index (χ2v) is 9.25. The molecule has 1 aliphatic heterocycles. The Morgan fingerprint density at radius 1 is 1.10 bits per heavy atom. The van der Waals surface area contributed by atoms with Gasteiger partial charge in [-0.3, -0.25) is 15.0 Å². The van der Waals surface area contributed by atoms with Crippen LogP contribution < -0.4 is 9.47 Å². The second kappa shape index (κ2) is 13.7. The lowest BCUT2D eigenvalue weighted by Gasteiger charge is -2.37. The molecule has 1 aromatic carbocycles. The number of hydrogen-bond donors (Lipinski definition) is 7. The quantitative estimate of drug-likeness (QED) is 0.205. The number of aliphatic hydroxyl groups is 6. The minimum absolute atomic E-state index is 0.144. The first-order chi connectivity index (χ1) is 18.6. The van der Waals surface area contributed by atoms with Crippen molar-refractivity contribution < 1.29 is 50.0 Å². The molecule has 0 saturated heterocycles. The van der Waals surface area contributed by atoms with Crippen molar-refractivity contribution >= 4 is 11.7 Å². The van der Waals surface area contributed by atoms with E-state index in [1.807, 2.05) is 13.0 Å². The van der Waals surface area contributed by atoms with E-state index in [2.05, 4.69) is 16.0 Å². The lowest BCUT2D eigenvalue weighted by molar-refractivity contribution is -0.164. The highest BCUT2D eigenvalue weighted by Gasteiger charge is 2.38. The fourth-order valence-corrected chi connectivity index (χ4v) is 4.67. The molecule has 1 saturated carbocycles. The van der Waals surface area contributed by atoms with Gasteiger partial charge in [0, 0.05) is 23.9 Å². The van der Waals surface area contributed by atoms with Crippen LogP contribution in [0.2, 0.25) is 0 Å². The molecular weight excluding hydrogens is 514 g/mol. The van der Waals surface area contributed by atoms with Crippen LogP contribution in [0.5, 0.6) is 11.5 Å². The smallest absolute Gasteiger partial charge is 0.335 e. The van der Waals surface area contributed by atoms with E-state index in [9.17, 15) is 9.90 Å². The van der Waals surface area contributed by atoms with Gasteiger partial charge in [-0.2, -0.15) is 0 Å². The molecule has 2 aromatic rings. The molecule has 1 aliphatic carbocycles. The molecule has 1 aromatic heterocycles. The lowest BCUT2D eigenvalue weighted by Crippen LogP contribution is -2.48. The molecule has 0 bridgehead atoms. The lowest BCUT2D eigenvalue weighted by atomic mass is 9.74. The number of hydrogen-bond acceptors (Lipinski definition) is 12. The number of aromatic nitrogens is 2. The number of carbonyl (C=O) groups is 1. The van der Waals surface area contributed by atoms with Crippen molar-refractivity contribution in [2.45, 2.75) is 68.7 Å². The zero-order chi connectivity index (χ0) is 28.7. The fraction of sp³-hybridized carbons (Fsp3) is 0.538. The van der Waals surface area contributed by atoms with E-state index in [0.717, 1.165) is 41.1 Å². The molecule has 0 spiro atoms. The molecule has 13 heteroatoms. The molecule has 13 nitrogen and oxygen atoms in total. The summed E-state index contributed by atoms with van der Waals surface area (Å²) in [6.07, 6.45) is -0.679. The Bertz CT molecular complexity index is 1130. The largest absolute Gasteiger partial charge is 0.493 e. The second-order valence-electron chi connectivity index (χ2n) is 9.25. The van der Waals surface area contributed by atoms with Crippen molar-refractivity contribution in [2.24, 2.45) is 4.99 Å². The summed E-state index contributed by atoms with van der Waals surface area (Å²) in [6.45, 7) is 1.68. The average molecular weight is 550 g/mol. The van der Waals surface area contributed by atoms with Crippen LogP contribution in [0.3, 0.4) is 0 Å². The van der Waals surface area contributed by atoms with Gasteiger partial charge in [-0.1, -0.05) is 0 Å². The number of carboxylic acid groups (broad SMARTS) is 1. The normalized spacial score (nSPS) is 23.0. The molecule has 0 radical (unpaired) electrons. The number of carboxylic acids is 1. The molecule has 1 fully saturated rings. The minimum atomic E-state index is -2.20. The molecule has 0 unspecified atom stereocenters. The van der Waals surface area contributed by atoms with Gasteiger partial charge < -0.3 is 45.2 Å². The van der Waals surface area contributed by atoms with Crippen molar-refractivity contribution in [1.29, 1.82) is 0 Å². The molecule has 39 heavy (non-hydrogen) atoms. The van der Waals surface area contributed by atoms with Gasteiger partial charge in [0.15, 0.2) is 17.6 Å². The number of benzene rings is 1. The number of aliphatic imine (C=N–C) groups is 1. The van der Waals surface area contributed by atoms with Crippen molar-refractivity contribution in [2.75, 3.05) is 20.3 Å². The van der Waals surface area contributed by atoms with E-state index in [4.69, 9.17) is 45.1 Å². The molecule has 7 atom stereocenters. The molecule has 0 amide bonds. The zero-order valence-electron chi connectivity index (χ0n) is 21.7. The van der Waals surface area contributed by atoms with Crippen LogP contribution >= 0.6 is 0 Å². The van der Waals surface area contributed by atoms with Gasteiger partial charge in [0.25, 0.3) is 0 Å². The van der Waals surface area contributed by atoms with Crippen molar-refractivity contribution in [3.8, 4) is 11.5 Å². The van der Waals surface area contributed by atoms with Gasteiger partial charge in [0.05, 0.1) is 44.4 Å². The van der Waals surface area contributed by atoms with Crippen LogP contribution in [-0.2, 0) is 4.79 Å². The van der Waals surface area contributed by atoms with Crippen LogP contribution in [0, 0.1) is 0 Å². The summed E-state index contributed by atoms with van der Waals surface area (Å²) in [5.41, 5.74) is 3.73. The van der Waals surface area contributed by atoms with E-state index in [1.54, 1.807) is 25.7 Å². The number of fused-ring (bicyclic) bond motifs is 3. The van der Waals surface area contributed by atoms with Gasteiger partial charge in [-0.05, 0) is 43.9 Å². The van der Waals surface area contributed by atoms with Crippen LogP contribution in [0.4, 0.5) is 0 Å². The van der Waals surface area contributed by atoms with Gasteiger partial charge in [-0.15, -0.1) is 0 Å². The van der Waals surface area contributed by atoms with E-state index in [0.29, 0.717) is 18.8 Å². The topological polar surface area (TPSA) is 215 Å². The highest BCUT2D eigenvalue weighted by molar-refractivity contribution is 6.13. The summed E-state index contributed by atoms with van der Waals surface area (Å²) >= 11 is 0. The maximum Gasteiger partial charge on any atom is 0.335 e. The number of aliphatic hydroxyl groups excluding tert-OH is 6. The van der Waals surface area contributed by atoms with E-state index >= 15 is 0 Å². The molecule has 2 aliphatic rings. The Kier molecular flexibility index (Phi) is 10.7. The third kappa shape index (κ3) is 7.06. The number of methoxy groups -OCH3 is 1. The standard InChI is InChI=1S/C20H23N3O3.C6H12O7/c1-3-26-19-9-13-14-8-12(24)4-5-16(14)23-20(15(13)10-18(19)25-2)17-11-21-6-7-22-17;7-1-2(8)3(9)4(10)5(11)6(12)13/h6-7,9-12,14,16,24H,3-5,8H2,1-2H3;2-5,7-11H,1H2,(H,12,13)/t12-,14-,16-;2-,3+,4+,5+/m10/s1. The zero-order valence-corrected chi connectivity index (χ0v) is 21.7. The third-order valence-corrected chi connectivity index (χ3v) is 6.68. The van der Waals surface area contributed by atoms with Gasteiger partial charge in [-0.25, -0.2) is 4.79 Å². The molecule has 214 valence electrons. The first-order valence-electron chi connectivity index (χ1n) is 12.6. The Hall–Kier alpha value is -3.20. The number of rotatable bonds is 9. The Balaban J connectivity index is 0.000000276. The monoisotopic (exact) mass is 549 g/mol. The third-order valence-electron chi connectivity index (χ3n) is 6.68. The van der Waals surface area contributed by atoms with Crippen LogP contribution in [0.25, 0.3) is 0 Å². The summed E-state index contributed by atoms with van der Waals surface area (Å²) in [7, 11) is 1.64. The van der Waals surface area contributed by atoms with Crippen LogP contribution in [-0.4, -0.2) is 114 Å². The van der Waals surface area contributed by atoms with E-state index < -0.39 is 37.0 Å². The number of aliphatic carboxylic acids is 1. The maximum absolute atomic E-state index is 10.2. The first-order valence-corrected chi connectivity index (χ1v) is 12.6. The van der Waals surface area contributed by atoms with Gasteiger partial charge >= 0.3 is 5.97 Å². The molecule has 7 N–H and O–H groups in total. The fourth-order valence-electron chi connectivity index (χ4n) is 4.67.